The summed E-state index contributed by atoms with van der Waals surface area (Å²) in [6.07, 6.45) is 2.78. The first-order valence-electron chi connectivity index (χ1n) is 8.15. The van der Waals surface area contributed by atoms with Gasteiger partial charge in [-0.25, -0.2) is 0 Å². The van der Waals surface area contributed by atoms with Gasteiger partial charge in [-0.1, -0.05) is 6.07 Å². The molecule has 0 spiro atoms. The second kappa shape index (κ2) is 9.11. The second-order valence-electron chi connectivity index (χ2n) is 5.99. The van der Waals surface area contributed by atoms with Crippen molar-refractivity contribution in [2.75, 3.05) is 33.6 Å². The number of methoxy groups -OCH3 is 1. The lowest BCUT2D eigenvalue weighted by Crippen LogP contribution is -2.37. The van der Waals surface area contributed by atoms with E-state index in [2.05, 4.69) is 5.32 Å². The fourth-order valence-corrected chi connectivity index (χ4v) is 3.02. The molecule has 7 heteroatoms. The molecule has 0 radical (unpaired) electrons. The maximum Gasteiger partial charge on any atom is 0.231 e. The molecular formula is C17H25ClN2O4. The number of carbonyl (C=O) groups excluding carboxylic acids is 1. The minimum absolute atomic E-state index is 0. The third-order valence-electron chi connectivity index (χ3n) is 4.31. The monoisotopic (exact) mass is 356 g/mol. The van der Waals surface area contributed by atoms with E-state index in [9.17, 15) is 4.79 Å². The normalized spacial score (nSPS) is 18.3. The molecule has 2 aliphatic rings. The lowest BCUT2D eigenvalue weighted by Gasteiger charge is -2.24. The Bertz CT molecular complexity index is 549. The fraction of sp³-hybridized carbons (Fsp3) is 0.588. The zero-order valence-corrected chi connectivity index (χ0v) is 14.8. The number of rotatable bonds is 7. The van der Waals surface area contributed by atoms with Crippen molar-refractivity contribution in [3.63, 3.8) is 0 Å². The number of nitrogens with one attached hydrogen (secondary N) is 1. The molecule has 1 atom stereocenters. The number of ether oxygens (including phenoxy) is 3. The van der Waals surface area contributed by atoms with Crippen LogP contribution in [0.1, 0.15) is 24.8 Å². The van der Waals surface area contributed by atoms with Gasteiger partial charge in [0.1, 0.15) is 0 Å². The minimum Gasteiger partial charge on any atom is -0.454 e. The van der Waals surface area contributed by atoms with Crippen LogP contribution < -0.4 is 14.8 Å². The summed E-state index contributed by atoms with van der Waals surface area (Å²) in [6, 6.07) is 6.14. The van der Waals surface area contributed by atoms with Crippen molar-refractivity contribution in [2.45, 2.75) is 31.8 Å². The Morgan fingerprint density at radius 3 is 2.96 bits per heavy atom. The summed E-state index contributed by atoms with van der Waals surface area (Å²) in [5, 5.41) is 3.38. The molecule has 134 valence electrons. The maximum atomic E-state index is 12.6. The molecule has 1 amide bonds. The molecule has 24 heavy (non-hydrogen) atoms. The third-order valence-corrected chi connectivity index (χ3v) is 4.31. The summed E-state index contributed by atoms with van der Waals surface area (Å²) in [4.78, 5) is 14.5. The van der Waals surface area contributed by atoms with Crippen LogP contribution in [0.2, 0.25) is 0 Å². The number of benzene rings is 1. The number of carbonyl (C=O) groups is 1. The van der Waals surface area contributed by atoms with Gasteiger partial charge in [0.2, 0.25) is 12.7 Å². The van der Waals surface area contributed by atoms with E-state index in [-0.39, 0.29) is 25.1 Å². The van der Waals surface area contributed by atoms with E-state index >= 15 is 0 Å². The standard InChI is InChI=1S/C17H24N2O4.ClH/c1-21-8-7-19(17(20)10-14-3-2-6-18-14)11-13-4-5-15-16(9-13)23-12-22-15;/h4-5,9,14,18H,2-3,6-8,10-12H2,1H3;1H. The lowest BCUT2D eigenvalue weighted by atomic mass is 10.1. The molecule has 0 saturated carbocycles. The Morgan fingerprint density at radius 2 is 2.21 bits per heavy atom. The van der Waals surface area contributed by atoms with Crippen molar-refractivity contribution in [1.82, 2.24) is 10.2 Å². The van der Waals surface area contributed by atoms with Crippen molar-refractivity contribution in [3.8, 4) is 11.5 Å². The SMILES string of the molecule is COCCN(Cc1ccc2c(c1)OCO2)C(=O)CC1CCCN1.Cl. The summed E-state index contributed by atoms with van der Waals surface area (Å²) in [6.45, 7) is 2.97. The highest BCUT2D eigenvalue weighted by atomic mass is 35.5. The number of fused-ring (bicyclic) bond motifs is 1. The molecule has 0 bridgehead atoms. The highest BCUT2D eigenvalue weighted by molar-refractivity contribution is 5.85. The molecule has 1 aromatic carbocycles. The zero-order chi connectivity index (χ0) is 16.1. The highest BCUT2D eigenvalue weighted by Crippen LogP contribution is 2.32. The van der Waals surface area contributed by atoms with Gasteiger partial charge in [-0.15, -0.1) is 12.4 Å². The van der Waals surface area contributed by atoms with Crippen LogP contribution in [-0.2, 0) is 16.1 Å². The van der Waals surface area contributed by atoms with Gasteiger partial charge in [0.15, 0.2) is 11.5 Å². The molecule has 1 saturated heterocycles. The Hall–Kier alpha value is -1.50. The molecule has 0 aliphatic carbocycles. The van der Waals surface area contributed by atoms with E-state index in [0.29, 0.717) is 32.2 Å². The molecule has 6 nitrogen and oxygen atoms in total. The van der Waals surface area contributed by atoms with Crippen LogP contribution in [0.25, 0.3) is 0 Å². The first kappa shape index (κ1) is 18.8. The molecule has 1 unspecified atom stereocenters. The molecule has 2 heterocycles. The average Bonchev–Trinajstić information content (AvgIpc) is 3.22. The Morgan fingerprint density at radius 1 is 1.38 bits per heavy atom. The molecule has 1 fully saturated rings. The first-order chi connectivity index (χ1) is 11.3. The summed E-state index contributed by atoms with van der Waals surface area (Å²) < 4.78 is 15.9. The van der Waals surface area contributed by atoms with E-state index in [1.54, 1.807) is 7.11 Å². The summed E-state index contributed by atoms with van der Waals surface area (Å²) >= 11 is 0. The Labute approximate surface area is 148 Å². The van der Waals surface area contributed by atoms with E-state index in [1.165, 1.54) is 0 Å². The fourth-order valence-electron chi connectivity index (χ4n) is 3.02. The predicted molar refractivity (Wildman–Crippen MR) is 92.7 cm³/mol. The highest BCUT2D eigenvalue weighted by Gasteiger charge is 2.22. The van der Waals surface area contributed by atoms with E-state index in [1.807, 2.05) is 23.1 Å². The smallest absolute Gasteiger partial charge is 0.231 e. The zero-order valence-electron chi connectivity index (χ0n) is 14.0. The van der Waals surface area contributed by atoms with Crippen LogP contribution in [0.3, 0.4) is 0 Å². The van der Waals surface area contributed by atoms with Gasteiger partial charge in [0.25, 0.3) is 0 Å². The van der Waals surface area contributed by atoms with Crippen molar-refractivity contribution in [1.29, 1.82) is 0 Å². The van der Waals surface area contributed by atoms with Crippen molar-refractivity contribution < 1.29 is 19.0 Å². The van der Waals surface area contributed by atoms with Crippen LogP contribution in [0, 0.1) is 0 Å². The summed E-state index contributed by atoms with van der Waals surface area (Å²) in [5.41, 5.74) is 1.04. The molecule has 2 aliphatic heterocycles. The second-order valence-corrected chi connectivity index (χ2v) is 5.99. The summed E-state index contributed by atoms with van der Waals surface area (Å²) in [7, 11) is 1.65. The Kier molecular flexibility index (Phi) is 7.15. The predicted octanol–water partition coefficient (Wildman–Crippen LogP) is 1.95. The van der Waals surface area contributed by atoms with Crippen molar-refractivity contribution in [3.05, 3.63) is 23.8 Å². The van der Waals surface area contributed by atoms with E-state index in [4.69, 9.17) is 14.2 Å². The van der Waals surface area contributed by atoms with Crippen molar-refractivity contribution >= 4 is 18.3 Å². The van der Waals surface area contributed by atoms with Gasteiger partial charge >= 0.3 is 0 Å². The van der Waals surface area contributed by atoms with Gasteiger partial charge in [0, 0.05) is 32.7 Å². The Balaban J connectivity index is 0.00000208. The van der Waals surface area contributed by atoms with Gasteiger partial charge in [0.05, 0.1) is 6.61 Å². The molecule has 1 N–H and O–H groups in total. The van der Waals surface area contributed by atoms with Crippen LogP contribution in [0.4, 0.5) is 0 Å². The average molecular weight is 357 g/mol. The number of hydrogen-bond donors (Lipinski definition) is 1. The van der Waals surface area contributed by atoms with Crippen LogP contribution in [0.5, 0.6) is 11.5 Å². The largest absolute Gasteiger partial charge is 0.454 e. The van der Waals surface area contributed by atoms with Crippen LogP contribution in [-0.4, -0.2) is 50.4 Å². The van der Waals surface area contributed by atoms with Gasteiger partial charge in [-0.05, 0) is 37.1 Å². The molecule has 1 aromatic rings. The number of hydrogen-bond acceptors (Lipinski definition) is 5. The van der Waals surface area contributed by atoms with Gasteiger partial charge < -0.3 is 24.4 Å². The summed E-state index contributed by atoms with van der Waals surface area (Å²) in [5.74, 6) is 1.68. The van der Waals surface area contributed by atoms with Crippen LogP contribution >= 0.6 is 12.4 Å². The third kappa shape index (κ3) is 4.75. The molecule has 0 aromatic heterocycles. The van der Waals surface area contributed by atoms with Gasteiger partial charge in [-0.2, -0.15) is 0 Å². The van der Waals surface area contributed by atoms with Crippen molar-refractivity contribution in [2.24, 2.45) is 0 Å². The molecular weight excluding hydrogens is 332 g/mol. The molecule has 3 rings (SSSR count). The lowest BCUT2D eigenvalue weighted by molar-refractivity contribution is -0.133. The first-order valence-corrected chi connectivity index (χ1v) is 8.15. The number of halogens is 1. The van der Waals surface area contributed by atoms with E-state index in [0.717, 1.165) is 36.4 Å². The van der Waals surface area contributed by atoms with Crippen LogP contribution in [0.15, 0.2) is 18.2 Å². The van der Waals surface area contributed by atoms with Gasteiger partial charge in [-0.3, -0.25) is 4.79 Å². The quantitative estimate of drug-likeness (QED) is 0.809. The van der Waals surface area contributed by atoms with E-state index < -0.39 is 0 Å². The maximum absolute atomic E-state index is 12.6. The minimum atomic E-state index is 0. The number of amides is 1. The topological polar surface area (TPSA) is 60.0 Å². The number of nitrogens with zero attached hydrogens (tertiary/aromatic N) is 1.